The third-order valence-electron chi connectivity index (χ3n) is 5.51. The molecule has 1 aliphatic carbocycles. The molecule has 0 spiro atoms. The van der Waals surface area contributed by atoms with E-state index in [0.717, 1.165) is 42.0 Å². The number of benzene rings is 1. The van der Waals surface area contributed by atoms with E-state index in [1.807, 2.05) is 38.4 Å². The van der Waals surface area contributed by atoms with Crippen molar-refractivity contribution in [3.8, 4) is 11.5 Å². The highest BCUT2D eigenvalue weighted by Crippen LogP contribution is 2.32. The second-order valence-corrected chi connectivity index (χ2v) is 8.23. The Bertz CT molecular complexity index is 872. The van der Waals surface area contributed by atoms with Crippen LogP contribution in [0.1, 0.15) is 50.7 Å². The van der Waals surface area contributed by atoms with Crippen LogP contribution in [-0.2, 0) is 19.2 Å². The quantitative estimate of drug-likeness (QED) is 0.419. The molecule has 2 aromatic rings. The summed E-state index contributed by atoms with van der Waals surface area (Å²) in [6.45, 7) is 5.27. The van der Waals surface area contributed by atoms with Gasteiger partial charge >= 0.3 is 0 Å². The summed E-state index contributed by atoms with van der Waals surface area (Å²) in [7, 11) is 3.49. The predicted octanol–water partition coefficient (Wildman–Crippen LogP) is 2.71. The second kappa shape index (κ2) is 10.5. The molecule has 0 radical (unpaired) electrons. The van der Waals surface area contributed by atoms with E-state index in [0.29, 0.717) is 19.0 Å². The largest absolute Gasteiger partial charge is 0.493 e. The van der Waals surface area contributed by atoms with Gasteiger partial charge in [0.25, 0.3) is 0 Å². The van der Waals surface area contributed by atoms with Crippen LogP contribution in [0.4, 0.5) is 0 Å². The normalized spacial score (nSPS) is 16.7. The van der Waals surface area contributed by atoms with Crippen molar-refractivity contribution >= 4 is 5.96 Å². The average Bonchev–Trinajstić information content (AvgIpc) is 3.43. The lowest BCUT2D eigenvalue weighted by Crippen LogP contribution is -2.44. The Hall–Kier alpha value is -2.74. The molecule has 1 heterocycles. The van der Waals surface area contributed by atoms with E-state index in [4.69, 9.17) is 9.47 Å². The first-order chi connectivity index (χ1) is 14.9. The molecule has 8 nitrogen and oxygen atoms in total. The highest BCUT2D eigenvalue weighted by Gasteiger charge is 2.25. The maximum absolute atomic E-state index is 10.8. The predicted molar refractivity (Wildman–Crippen MR) is 121 cm³/mol. The third-order valence-corrected chi connectivity index (χ3v) is 5.51. The van der Waals surface area contributed by atoms with E-state index in [1.165, 1.54) is 12.8 Å². The SMILES string of the molecule is CCNC(=NCc1ccc(OC2CCCC2)c(OC)c1)NCC(C)(O)c1cnn(C)c1. The van der Waals surface area contributed by atoms with Gasteiger partial charge in [0.05, 0.1) is 32.5 Å². The first-order valence-corrected chi connectivity index (χ1v) is 11.0. The molecule has 31 heavy (non-hydrogen) atoms. The second-order valence-electron chi connectivity index (χ2n) is 8.23. The molecular formula is C23H35N5O3. The summed E-state index contributed by atoms with van der Waals surface area (Å²) in [4.78, 5) is 4.66. The van der Waals surface area contributed by atoms with Gasteiger partial charge in [0.2, 0.25) is 0 Å². The highest BCUT2D eigenvalue weighted by atomic mass is 16.5. The van der Waals surface area contributed by atoms with E-state index in [1.54, 1.807) is 24.9 Å². The summed E-state index contributed by atoms with van der Waals surface area (Å²) in [5.74, 6) is 2.16. The molecular weight excluding hydrogens is 394 g/mol. The third kappa shape index (κ3) is 6.37. The molecule has 0 bridgehead atoms. The number of aliphatic hydroxyl groups is 1. The number of aryl methyl sites for hydroxylation is 1. The number of hydrogen-bond acceptors (Lipinski definition) is 5. The number of hydrogen-bond donors (Lipinski definition) is 3. The molecule has 1 aromatic heterocycles. The highest BCUT2D eigenvalue weighted by molar-refractivity contribution is 5.79. The van der Waals surface area contributed by atoms with Crippen LogP contribution in [0.15, 0.2) is 35.6 Å². The van der Waals surface area contributed by atoms with Gasteiger partial charge in [-0.05, 0) is 57.2 Å². The van der Waals surface area contributed by atoms with Crippen LogP contribution in [0.25, 0.3) is 0 Å². The smallest absolute Gasteiger partial charge is 0.191 e. The molecule has 3 N–H and O–H groups in total. The number of nitrogens with one attached hydrogen (secondary N) is 2. The average molecular weight is 430 g/mol. The summed E-state index contributed by atoms with van der Waals surface area (Å²) in [5.41, 5.74) is 0.708. The zero-order valence-electron chi connectivity index (χ0n) is 19.0. The lowest BCUT2D eigenvalue weighted by molar-refractivity contribution is 0.0616. The zero-order valence-corrected chi connectivity index (χ0v) is 19.0. The summed E-state index contributed by atoms with van der Waals surface area (Å²) >= 11 is 0. The van der Waals surface area contributed by atoms with Gasteiger partial charge in [0.15, 0.2) is 17.5 Å². The van der Waals surface area contributed by atoms with Gasteiger partial charge in [0, 0.05) is 25.4 Å². The molecule has 1 fully saturated rings. The Morgan fingerprint density at radius 1 is 1.29 bits per heavy atom. The summed E-state index contributed by atoms with van der Waals surface area (Å²) in [5, 5.41) is 21.4. The van der Waals surface area contributed by atoms with Gasteiger partial charge in [-0.25, -0.2) is 4.99 Å². The van der Waals surface area contributed by atoms with Crippen molar-refractivity contribution in [1.82, 2.24) is 20.4 Å². The van der Waals surface area contributed by atoms with Gasteiger partial charge in [-0.1, -0.05) is 6.07 Å². The lowest BCUT2D eigenvalue weighted by Gasteiger charge is -2.23. The van der Waals surface area contributed by atoms with Gasteiger partial charge in [-0.2, -0.15) is 5.10 Å². The number of methoxy groups -OCH3 is 1. The summed E-state index contributed by atoms with van der Waals surface area (Å²) < 4.78 is 13.3. The Labute approximate surface area is 184 Å². The van der Waals surface area contributed by atoms with Gasteiger partial charge < -0.3 is 25.2 Å². The van der Waals surface area contributed by atoms with Crippen LogP contribution in [0, 0.1) is 0 Å². The van der Waals surface area contributed by atoms with Gasteiger partial charge in [-0.3, -0.25) is 4.68 Å². The minimum atomic E-state index is -1.06. The number of guanidine groups is 1. The fourth-order valence-electron chi connectivity index (χ4n) is 3.66. The molecule has 170 valence electrons. The molecule has 0 amide bonds. The topological polar surface area (TPSA) is 92.9 Å². The van der Waals surface area contributed by atoms with Crippen LogP contribution in [-0.4, -0.2) is 47.1 Å². The molecule has 3 rings (SSSR count). The molecule has 1 unspecified atom stereocenters. The van der Waals surface area contributed by atoms with E-state index < -0.39 is 5.60 Å². The van der Waals surface area contributed by atoms with Crippen molar-refractivity contribution < 1.29 is 14.6 Å². The molecule has 1 saturated carbocycles. The lowest BCUT2D eigenvalue weighted by atomic mass is 10.00. The fourth-order valence-corrected chi connectivity index (χ4v) is 3.66. The molecule has 1 aliphatic rings. The fraction of sp³-hybridized carbons (Fsp3) is 0.565. The van der Waals surface area contributed by atoms with Crippen molar-refractivity contribution in [2.45, 2.75) is 57.8 Å². The first-order valence-electron chi connectivity index (χ1n) is 11.0. The Kier molecular flexibility index (Phi) is 7.79. The van der Waals surface area contributed by atoms with Crippen molar-refractivity contribution in [3.05, 3.63) is 41.7 Å². The minimum Gasteiger partial charge on any atom is -0.493 e. The monoisotopic (exact) mass is 429 g/mol. The number of aliphatic imine (C=N–C) groups is 1. The van der Waals surface area contributed by atoms with E-state index >= 15 is 0 Å². The Morgan fingerprint density at radius 2 is 2.06 bits per heavy atom. The molecule has 1 atom stereocenters. The van der Waals surface area contributed by atoms with Crippen molar-refractivity contribution in [3.63, 3.8) is 0 Å². The number of rotatable bonds is 9. The van der Waals surface area contributed by atoms with Crippen LogP contribution in [0.3, 0.4) is 0 Å². The number of nitrogens with zero attached hydrogens (tertiary/aromatic N) is 3. The molecule has 8 heteroatoms. The van der Waals surface area contributed by atoms with Crippen molar-refractivity contribution in [2.24, 2.45) is 12.0 Å². The standard InChI is InChI=1S/C23H35N5O3/c1-5-24-22(26-16-23(2,29)18-14-27-28(3)15-18)25-13-17-10-11-20(21(12-17)30-4)31-19-8-6-7-9-19/h10-12,14-15,19,29H,5-9,13,16H2,1-4H3,(H2,24,25,26). The maximum Gasteiger partial charge on any atom is 0.191 e. The summed E-state index contributed by atoms with van der Waals surface area (Å²) in [6, 6.07) is 5.96. The maximum atomic E-state index is 10.8. The van der Waals surface area contributed by atoms with Gasteiger partial charge in [-0.15, -0.1) is 0 Å². The van der Waals surface area contributed by atoms with E-state index in [2.05, 4.69) is 20.7 Å². The van der Waals surface area contributed by atoms with E-state index in [-0.39, 0.29) is 6.10 Å². The van der Waals surface area contributed by atoms with Crippen molar-refractivity contribution in [1.29, 1.82) is 0 Å². The van der Waals surface area contributed by atoms with Crippen LogP contribution < -0.4 is 20.1 Å². The Morgan fingerprint density at radius 3 is 2.71 bits per heavy atom. The van der Waals surface area contributed by atoms with Crippen molar-refractivity contribution in [2.75, 3.05) is 20.2 Å². The molecule has 1 aromatic carbocycles. The summed E-state index contributed by atoms with van der Waals surface area (Å²) in [6.07, 6.45) is 8.45. The number of ether oxygens (including phenoxy) is 2. The van der Waals surface area contributed by atoms with Gasteiger partial charge in [0.1, 0.15) is 5.60 Å². The van der Waals surface area contributed by atoms with Crippen LogP contribution >= 0.6 is 0 Å². The molecule has 0 aliphatic heterocycles. The number of aromatic nitrogens is 2. The molecule has 0 saturated heterocycles. The van der Waals surface area contributed by atoms with E-state index in [9.17, 15) is 5.11 Å². The first kappa shape index (κ1) is 22.9. The zero-order chi connectivity index (χ0) is 22.3. The van der Waals surface area contributed by atoms with Crippen LogP contribution in [0.5, 0.6) is 11.5 Å². The van der Waals surface area contributed by atoms with Crippen LogP contribution in [0.2, 0.25) is 0 Å². The minimum absolute atomic E-state index is 0.287. The Balaban J connectivity index is 1.63.